The van der Waals surface area contributed by atoms with Crippen molar-refractivity contribution in [3.05, 3.63) is 24.0 Å². The summed E-state index contributed by atoms with van der Waals surface area (Å²) < 4.78 is 2.07. The molecule has 1 atom stereocenters. The van der Waals surface area contributed by atoms with Crippen molar-refractivity contribution in [2.75, 3.05) is 13.2 Å². The minimum atomic E-state index is 0.298. The fourth-order valence-corrected chi connectivity index (χ4v) is 2.20. The van der Waals surface area contributed by atoms with E-state index >= 15 is 0 Å². The van der Waals surface area contributed by atoms with E-state index in [1.54, 1.807) is 0 Å². The Hall–Kier alpha value is -0.800. The van der Waals surface area contributed by atoms with Crippen molar-refractivity contribution in [2.45, 2.75) is 25.4 Å². The van der Waals surface area contributed by atoms with Gasteiger partial charge >= 0.3 is 0 Å². The topological polar surface area (TPSA) is 28.4 Å². The summed E-state index contributed by atoms with van der Waals surface area (Å²) in [6, 6.07) is 2.53. The third kappa shape index (κ3) is 1.99. The van der Waals surface area contributed by atoms with Crippen LogP contribution >= 0.6 is 0 Å². The molecule has 2 heterocycles. The summed E-state index contributed by atoms with van der Waals surface area (Å²) in [6.07, 6.45) is 6.58. The number of aliphatic hydroxyl groups excluding tert-OH is 1. The zero-order chi connectivity index (χ0) is 9.97. The molecule has 1 aromatic rings. The Labute approximate surface area is 85.0 Å². The van der Waals surface area contributed by atoms with Gasteiger partial charge in [-0.25, -0.2) is 0 Å². The fraction of sp³-hybridized carbons (Fsp3) is 0.636. The van der Waals surface area contributed by atoms with Crippen LogP contribution in [-0.2, 0) is 13.6 Å². The van der Waals surface area contributed by atoms with Gasteiger partial charge in [0.25, 0.3) is 0 Å². The third-order valence-electron chi connectivity index (χ3n) is 2.99. The molecule has 0 radical (unpaired) electrons. The van der Waals surface area contributed by atoms with Crippen LogP contribution in [0, 0.1) is 0 Å². The molecule has 1 unspecified atom stereocenters. The zero-order valence-corrected chi connectivity index (χ0v) is 8.69. The van der Waals surface area contributed by atoms with Gasteiger partial charge in [0.05, 0.1) is 6.61 Å². The lowest BCUT2D eigenvalue weighted by atomic mass is 10.2. The van der Waals surface area contributed by atoms with Crippen LogP contribution < -0.4 is 0 Å². The van der Waals surface area contributed by atoms with E-state index in [0.717, 1.165) is 19.5 Å². The van der Waals surface area contributed by atoms with Crippen LogP contribution in [0.4, 0.5) is 0 Å². The molecular weight excluding hydrogens is 176 g/mol. The first-order valence-corrected chi connectivity index (χ1v) is 5.25. The van der Waals surface area contributed by atoms with Gasteiger partial charge in [-0.3, -0.25) is 4.90 Å². The summed E-state index contributed by atoms with van der Waals surface area (Å²) in [5, 5.41) is 9.17. The quantitative estimate of drug-likeness (QED) is 0.777. The first-order chi connectivity index (χ1) is 6.79. The van der Waals surface area contributed by atoms with Gasteiger partial charge in [0.1, 0.15) is 0 Å². The number of hydrogen-bond acceptors (Lipinski definition) is 2. The Morgan fingerprint density at radius 2 is 2.43 bits per heavy atom. The van der Waals surface area contributed by atoms with Gasteiger partial charge in [0.2, 0.25) is 0 Å². The Morgan fingerprint density at radius 3 is 3.07 bits per heavy atom. The molecule has 0 amide bonds. The lowest BCUT2D eigenvalue weighted by molar-refractivity contribution is 0.153. The van der Waals surface area contributed by atoms with Crippen molar-refractivity contribution >= 4 is 0 Å². The average molecular weight is 194 g/mol. The molecule has 0 aromatic carbocycles. The standard InChI is InChI=1S/C11H18N2O/c1-12-6-4-10(7-12)8-13-5-2-3-11(13)9-14/h4,6-7,11,14H,2-3,5,8-9H2,1H3. The summed E-state index contributed by atoms with van der Waals surface area (Å²) in [6.45, 7) is 2.40. The maximum absolute atomic E-state index is 9.17. The monoisotopic (exact) mass is 194 g/mol. The summed E-state index contributed by atoms with van der Waals surface area (Å²) in [7, 11) is 2.04. The maximum Gasteiger partial charge on any atom is 0.0587 e. The number of aromatic nitrogens is 1. The zero-order valence-electron chi connectivity index (χ0n) is 8.69. The Kier molecular flexibility index (Phi) is 2.89. The molecular formula is C11H18N2O. The predicted octanol–water partition coefficient (Wildman–Crippen LogP) is 0.982. The van der Waals surface area contributed by atoms with Crippen molar-refractivity contribution in [2.24, 2.45) is 7.05 Å². The van der Waals surface area contributed by atoms with Crippen LogP contribution in [0.5, 0.6) is 0 Å². The van der Waals surface area contributed by atoms with Gasteiger partial charge in [-0.05, 0) is 31.0 Å². The minimum Gasteiger partial charge on any atom is -0.395 e. The van der Waals surface area contributed by atoms with Crippen LogP contribution in [0.25, 0.3) is 0 Å². The van der Waals surface area contributed by atoms with E-state index in [9.17, 15) is 5.11 Å². The molecule has 0 saturated carbocycles. The highest BCUT2D eigenvalue weighted by molar-refractivity contribution is 5.10. The molecule has 1 aromatic heterocycles. The van der Waals surface area contributed by atoms with Gasteiger partial charge in [-0.1, -0.05) is 0 Å². The summed E-state index contributed by atoms with van der Waals surface area (Å²) in [4.78, 5) is 2.37. The Balaban J connectivity index is 1.96. The number of rotatable bonds is 3. The maximum atomic E-state index is 9.17. The van der Waals surface area contributed by atoms with Gasteiger partial charge in [0, 0.05) is 32.0 Å². The van der Waals surface area contributed by atoms with Gasteiger partial charge in [-0.15, -0.1) is 0 Å². The van der Waals surface area contributed by atoms with E-state index in [-0.39, 0.29) is 0 Å². The highest BCUT2D eigenvalue weighted by Gasteiger charge is 2.23. The highest BCUT2D eigenvalue weighted by atomic mass is 16.3. The van der Waals surface area contributed by atoms with E-state index in [1.807, 2.05) is 7.05 Å². The fourth-order valence-electron chi connectivity index (χ4n) is 2.20. The first kappa shape index (κ1) is 9.74. The lowest BCUT2D eigenvalue weighted by Gasteiger charge is -2.21. The Morgan fingerprint density at radius 1 is 1.57 bits per heavy atom. The normalized spacial score (nSPS) is 23.1. The minimum absolute atomic E-state index is 0.298. The molecule has 1 saturated heterocycles. The van der Waals surface area contributed by atoms with Crippen LogP contribution in [-0.4, -0.2) is 33.8 Å². The van der Waals surface area contributed by atoms with E-state index < -0.39 is 0 Å². The predicted molar refractivity (Wildman–Crippen MR) is 55.9 cm³/mol. The summed E-state index contributed by atoms with van der Waals surface area (Å²) in [5.41, 5.74) is 1.34. The molecule has 78 valence electrons. The number of nitrogens with zero attached hydrogens (tertiary/aromatic N) is 2. The van der Waals surface area contributed by atoms with E-state index in [2.05, 4.69) is 27.9 Å². The smallest absolute Gasteiger partial charge is 0.0587 e. The van der Waals surface area contributed by atoms with Crippen LogP contribution in [0.2, 0.25) is 0 Å². The van der Waals surface area contributed by atoms with E-state index in [4.69, 9.17) is 0 Å². The van der Waals surface area contributed by atoms with Crippen molar-refractivity contribution in [3.8, 4) is 0 Å². The number of hydrogen-bond donors (Lipinski definition) is 1. The average Bonchev–Trinajstić information content (AvgIpc) is 2.76. The molecule has 3 heteroatoms. The van der Waals surface area contributed by atoms with Gasteiger partial charge in [-0.2, -0.15) is 0 Å². The number of likely N-dealkylation sites (tertiary alicyclic amines) is 1. The molecule has 1 aliphatic rings. The second-order valence-electron chi connectivity index (χ2n) is 4.13. The molecule has 1 N–H and O–H groups in total. The highest BCUT2D eigenvalue weighted by Crippen LogP contribution is 2.19. The second-order valence-corrected chi connectivity index (χ2v) is 4.13. The molecule has 0 spiro atoms. The molecule has 0 aliphatic carbocycles. The van der Waals surface area contributed by atoms with Crippen LogP contribution in [0.3, 0.4) is 0 Å². The SMILES string of the molecule is Cn1ccc(CN2CCCC2CO)c1. The van der Waals surface area contributed by atoms with Crippen molar-refractivity contribution < 1.29 is 5.11 Å². The van der Waals surface area contributed by atoms with Crippen molar-refractivity contribution in [3.63, 3.8) is 0 Å². The number of aliphatic hydroxyl groups is 1. The molecule has 3 nitrogen and oxygen atoms in total. The lowest BCUT2D eigenvalue weighted by Crippen LogP contribution is -2.31. The largest absolute Gasteiger partial charge is 0.395 e. The molecule has 0 bridgehead atoms. The molecule has 14 heavy (non-hydrogen) atoms. The molecule has 1 fully saturated rings. The van der Waals surface area contributed by atoms with E-state index in [0.29, 0.717) is 12.6 Å². The Bertz CT molecular complexity index is 295. The number of aryl methyl sites for hydroxylation is 1. The van der Waals surface area contributed by atoms with Gasteiger partial charge in [0.15, 0.2) is 0 Å². The van der Waals surface area contributed by atoms with Crippen molar-refractivity contribution in [1.29, 1.82) is 0 Å². The third-order valence-corrected chi connectivity index (χ3v) is 2.99. The summed E-state index contributed by atoms with van der Waals surface area (Å²) >= 11 is 0. The van der Waals surface area contributed by atoms with E-state index in [1.165, 1.54) is 12.0 Å². The second kappa shape index (κ2) is 4.15. The van der Waals surface area contributed by atoms with Crippen molar-refractivity contribution in [1.82, 2.24) is 9.47 Å². The van der Waals surface area contributed by atoms with Crippen LogP contribution in [0.15, 0.2) is 18.5 Å². The molecule has 1 aliphatic heterocycles. The summed E-state index contributed by atoms with van der Waals surface area (Å²) in [5.74, 6) is 0. The molecule has 2 rings (SSSR count). The van der Waals surface area contributed by atoms with Gasteiger partial charge < -0.3 is 9.67 Å². The van der Waals surface area contributed by atoms with Crippen LogP contribution in [0.1, 0.15) is 18.4 Å². The first-order valence-electron chi connectivity index (χ1n) is 5.25.